The third-order valence-electron chi connectivity index (χ3n) is 4.31. The van der Waals surface area contributed by atoms with Crippen molar-refractivity contribution in [3.63, 3.8) is 0 Å². The predicted octanol–water partition coefficient (Wildman–Crippen LogP) is 3.33. The first-order valence-corrected chi connectivity index (χ1v) is 7.72. The van der Waals surface area contributed by atoms with Crippen molar-refractivity contribution >= 4 is 45.8 Å². The highest BCUT2D eigenvalue weighted by Gasteiger charge is 2.42. The molecule has 1 aliphatic carbocycles. The molecule has 1 saturated heterocycles. The molecule has 1 amide bonds. The molecule has 3 atom stereocenters. The molecule has 1 heterocycles. The van der Waals surface area contributed by atoms with Crippen LogP contribution in [0.3, 0.4) is 0 Å². The Labute approximate surface area is 138 Å². The topological polar surface area (TPSA) is 46.3 Å². The molecule has 2 N–H and O–H groups in total. The van der Waals surface area contributed by atoms with Gasteiger partial charge in [0.15, 0.2) is 0 Å². The number of benzene rings is 1. The first kappa shape index (κ1) is 16.1. The fourth-order valence-electron chi connectivity index (χ4n) is 3.33. The van der Waals surface area contributed by atoms with E-state index in [1.165, 1.54) is 0 Å². The molecule has 1 saturated carbocycles. The van der Waals surface area contributed by atoms with E-state index in [-0.39, 0.29) is 24.4 Å². The van der Waals surface area contributed by atoms with Crippen molar-refractivity contribution in [1.82, 2.24) is 4.90 Å². The van der Waals surface area contributed by atoms with Gasteiger partial charge in [0.2, 0.25) is 0 Å². The molecule has 1 aliphatic heterocycles. The van der Waals surface area contributed by atoms with Crippen molar-refractivity contribution in [2.45, 2.75) is 18.9 Å². The van der Waals surface area contributed by atoms with Crippen molar-refractivity contribution in [2.75, 3.05) is 13.1 Å². The van der Waals surface area contributed by atoms with E-state index >= 15 is 0 Å². The fourth-order valence-corrected chi connectivity index (χ4v) is 4.19. The van der Waals surface area contributed by atoms with Gasteiger partial charge in [0, 0.05) is 34.2 Å². The summed E-state index contributed by atoms with van der Waals surface area (Å²) in [5, 5.41) is 0.578. The molecule has 2 fully saturated rings. The summed E-state index contributed by atoms with van der Waals surface area (Å²) >= 11 is 9.37. The quantitative estimate of drug-likeness (QED) is 0.813. The van der Waals surface area contributed by atoms with Crippen LogP contribution in [0.25, 0.3) is 0 Å². The van der Waals surface area contributed by atoms with Gasteiger partial charge in [0.05, 0.1) is 0 Å². The minimum atomic E-state index is 0. The summed E-state index contributed by atoms with van der Waals surface area (Å²) < 4.78 is 0.833. The standard InChI is InChI=1S/C14H16BrClN2O.ClH/c15-10-3-9(4-11(16)5-10)14(19)18-6-8-1-2-13(17)12(8)7-18;/h3-5,8,12-13H,1-2,6-7,17H2;1H. The van der Waals surface area contributed by atoms with Crippen LogP contribution in [0.2, 0.25) is 5.02 Å². The summed E-state index contributed by atoms with van der Waals surface area (Å²) in [7, 11) is 0. The van der Waals surface area contributed by atoms with Crippen molar-refractivity contribution in [3.8, 4) is 0 Å². The summed E-state index contributed by atoms with van der Waals surface area (Å²) in [4.78, 5) is 14.4. The second kappa shape index (κ2) is 6.22. The average Bonchev–Trinajstić information content (AvgIpc) is 2.90. The van der Waals surface area contributed by atoms with E-state index < -0.39 is 0 Å². The third-order valence-corrected chi connectivity index (χ3v) is 4.99. The summed E-state index contributed by atoms with van der Waals surface area (Å²) in [5.74, 6) is 1.12. The number of rotatable bonds is 1. The number of likely N-dealkylation sites (tertiary alicyclic amines) is 1. The van der Waals surface area contributed by atoms with Gasteiger partial charge in [-0.05, 0) is 42.9 Å². The minimum Gasteiger partial charge on any atom is -0.338 e. The summed E-state index contributed by atoms with van der Waals surface area (Å²) in [6, 6.07) is 5.59. The summed E-state index contributed by atoms with van der Waals surface area (Å²) in [6.07, 6.45) is 2.24. The van der Waals surface area contributed by atoms with Crippen molar-refractivity contribution < 1.29 is 4.79 Å². The molecule has 6 heteroatoms. The molecule has 3 unspecified atom stereocenters. The Morgan fingerprint density at radius 1 is 1.30 bits per heavy atom. The second-order valence-corrected chi connectivity index (χ2v) is 6.89. The van der Waals surface area contributed by atoms with Crippen LogP contribution in [0.4, 0.5) is 0 Å². The Kier molecular flexibility index (Phi) is 5.00. The van der Waals surface area contributed by atoms with Gasteiger partial charge >= 0.3 is 0 Å². The van der Waals surface area contributed by atoms with E-state index in [2.05, 4.69) is 15.9 Å². The van der Waals surface area contributed by atoms with E-state index in [9.17, 15) is 4.79 Å². The van der Waals surface area contributed by atoms with Gasteiger partial charge < -0.3 is 10.6 Å². The van der Waals surface area contributed by atoms with Crippen LogP contribution >= 0.6 is 39.9 Å². The lowest BCUT2D eigenvalue weighted by molar-refractivity contribution is 0.0779. The predicted molar refractivity (Wildman–Crippen MR) is 86.5 cm³/mol. The second-order valence-electron chi connectivity index (χ2n) is 5.53. The molecule has 3 nitrogen and oxygen atoms in total. The minimum absolute atomic E-state index is 0. The number of carbonyl (C=O) groups is 1. The Balaban J connectivity index is 0.00000147. The van der Waals surface area contributed by atoms with Crippen LogP contribution in [0.15, 0.2) is 22.7 Å². The van der Waals surface area contributed by atoms with Gasteiger partial charge in [-0.2, -0.15) is 0 Å². The number of nitrogens with zero attached hydrogens (tertiary/aromatic N) is 1. The van der Waals surface area contributed by atoms with Crippen LogP contribution in [0.5, 0.6) is 0 Å². The number of fused-ring (bicyclic) bond motifs is 1. The first-order chi connectivity index (χ1) is 9.04. The normalized spacial score (nSPS) is 28.1. The van der Waals surface area contributed by atoms with E-state index in [0.29, 0.717) is 22.4 Å². The molecule has 0 bridgehead atoms. The zero-order valence-electron chi connectivity index (χ0n) is 10.9. The molecule has 20 heavy (non-hydrogen) atoms. The third kappa shape index (κ3) is 2.98. The number of hydrogen-bond donors (Lipinski definition) is 1. The average molecular weight is 380 g/mol. The highest BCUT2D eigenvalue weighted by molar-refractivity contribution is 9.10. The Bertz CT molecular complexity index is 506. The molecule has 110 valence electrons. The van der Waals surface area contributed by atoms with Crippen LogP contribution in [-0.2, 0) is 0 Å². The SMILES string of the molecule is Cl.NC1CCC2CN(C(=O)c3cc(Cl)cc(Br)c3)CC12. The highest BCUT2D eigenvalue weighted by atomic mass is 79.9. The van der Waals surface area contributed by atoms with Crippen LogP contribution in [0.1, 0.15) is 23.2 Å². The Morgan fingerprint density at radius 2 is 2.05 bits per heavy atom. The maximum Gasteiger partial charge on any atom is 0.253 e. The van der Waals surface area contributed by atoms with Gasteiger partial charge in [-0.3, -0.25) is 4.79 Å². The zero-order chi connectivity index (χ0) is 13.6. The first-order valence-electron chi connectivity index (χ1n) is 6.55. The summed E-state index contributed by atoms with van der Waals surface area (Å²) in [5.41, 5.74) is 6.75. The van der Waals surface area contributed by atoms with Gasteiger partial charge in [-0.25, -0.2) is 0 Å². The smallest absolute Gasteiger partial charge is 0.253 e. The zero-order valence-corrected chi connectivity index (χ0v) is 14.0. The molecule has 0 spiro atoms. The largest absolute Gasteiger partial charge is 0.338 e. The molecule has 1 aromatic rings. The number of hydrogen-bond acceptors (Lipinski definition) is 2. The number of carbonyl (C=O) groups excluding carboxylic acids is 1. The van der Waals surface area contributed by atoms with Gasteiger partial charge in [0.1, 0.15) is 0 Å². The van der Waals surface area contributed by atoms with Crippen LogP contribution < -0.4 is 5.73 Å². The van der Waals surface area contributed by atoms with Gasteiger partial charge in [0.25, 0.3) is 5.91 Å². The Morgan fingerprint density at radius 3 is 2.70 bits per heavy atom. The molecular weight excluding hydrogens is 363 g/mol. The van der Waals surface area contributed by atoms with E-state index in [1.807, 2.05) is 11.0 Å². The van der Waals surface area contributed by atoms with Gasteiger partial charge in [-0.1, -0.05) is 27.5 Å². The van der Waals surface area contributed by atoms with E-state index in [0.717, 1.165) is 30.4 Å². The lowest BCUT2D eigenvalue weighted by atomic mass is 9.98. The number of nitrogens with two attached hydrogens (primary N) is 1. The molecular formula is C14H17BrCl2N2O. The Hall–Kier alpha value is -0.290. The maximum atomic E-state index is 12.5. The van der Waals surface area contributed by atoms with Crippen molar-refractivity contribution in [3.05, 3.63) is 33.3 Å². The summed E-state index contributed by atoms with van der Waals surface area (Å²) in [6.45, 7) is 1.62. The van der Waals surface area contributed by atoms with E-state index in [1.54, 1.807) is 12.1 Å². The van der Waals surface area contributed by atoms with Crippen LogP contribution in [0, 0.1) is 11.8 Å². The lowest BCUT2D eigenvalue weighted by Crippen LogP contribution is -2.33. The fraction of sp³-hybridized carbons (Fsp3) is 0.500. The highest BCUT2D eigenvalue weighted by Crippen LogP contribution is 2.37. The van der Waals surface area contributed by atoms with Crippen molar-refractivity contribution in [1.29, 1.82) is 0 Å². The molecule has 0 aromatic heterocycles. The lowest BCUT2D eigenvalue weighted by Gasteiger charge is -2.19. The number of amides is 1. The monoisotopic (exact) mass is 378 g/mol. The molecule has 3 rings (SSSR count). The van der Waals surface area contributed by atoms with E-state index in [4.69, 9.17) is 17.3 Å². The van der Waals surface area contributed by atoms with Gasteiger partial charge in [-0.15, -0.1) is 12.4 Å². The van der Waals surface area contributed by atoms with Crippen LogP contribution in [-0.4, -0.2) is 29.9 Å². The van der Waals surface area contributed by atoms with Crippen molar-refractivity contribution in [2.24, 2.45) is 17.6 Å². The molecule has 2 aliphatic rings. The molecule has 1 aromatic carbocycles. The maximum absolute atomic E-state index is 12.5. The number of halogens is 3. The molecule has 0 radical (unpaired) electrons.